The minimum absolute atomic E-state index is 0.102. The molecule has 0 unspecified atom stereocenters. The zero-order valence-electron chi connectivity index (χ0n) is 16.3. The maximum Gasteiger partial charge on any atom is 0.315 e. The van der Waals surface area contributed by atoms with Crippen molar-refractivity contribution < 1.29 is 14.0 Å². The minimum atomic E-state index is -0.354. The van der Waals surface area contributed by atoms with E-state index in [9.17, 15) is 14.0 Å². The molecule has 1 atom stereocenters. The lowest BCUT2D eigenvalue weighted by Crippen LogP contribution is -2.44. The molecular weight excluding hydrogens is 381 g/mol. The van der Waals surface area contributed by atoms with E-state index < -0.39 is 0 Å². The molecule has 1 fully saturated rings. The van der Waals surface area contributed by atoms with Gasteiger partial charge in [0.05, 0.1) is 12.1 Å². The van der Waals surface area contributed by atoms with Crippen molar-refractivity contribution in [2.75, 3.05) is 11.4 Å². The Hall–Kier alpha value is -3.67. The first-order chi connectivity index (χ1) is 14.6. The van der Waals surface area contributed by atoms with Gasteiger partial charge in [-0.1, -0.05) is 60.7 Å². The Morgan fingerprint density at radius 3 is 2.03 bits per heavy atom. The first-order valence-corrected chi connectivity index (χ1v) is 9.83. The Labute approximate surface area is 174 Å². The standard InChI is InChI=1S/C24H22FN3O2/c25-19-11-13-21(14-12-19)28-16-20(15-22(28)29)26-24(30)27-23(17-7-3-1-4-8-17)18-9-5-2-6-10-18/h1-14,20,23H,15-16H2,(H2,26,27,30)/t20-/m1/s1. The third kappa shape index (κ3) is 4.49. The summed E-state index contributed by atoms with van der Waals surface area (Å²) in [7, 11) is 0. The van der Waals surface area contributed by atoms with Crippen molar-refractivity contribution in [3.63, 3.8) is 0 Å². The topological polar surface area (TPSA) is 61.4 Å². The van der Waals surface area contributed by atoms with Gasteiger partial charge in [0.25, 0.3) is 0 Å². The summed E-state index contributed by atoms with van der Waals surface area (Å²) in [4.78, 5) is 26.7. The van der Waals surface area contributed by atoms with Crippen molar-refractivity contribution in [1.82, 2.24) is 10.6 Å². The fraction of sp³-hybridized carbons (Fsp3) is 0.167. The van der Waals surface area contributed by atoms with E-state index in [4.69, 9.17) is 0 Å². The summed E-state index contributed by atoms with van der Waals surface area (Å²) < 4.78 is 13.2. The van der Waals surface area contributed by atoms with E-state index in [-0.39, 0.29) is 36.3 Å². The van der Waals surface area contributed by atoms with Gasteiger partial charge >= 0.3 is 6.03 Å². The van der Waals surface area contributed by atoms with Gasteiger partial charge in [0.2, 0.25) is 5.91 Å². The van der Waals surface area contributed by atoms with Crippen LogP contribution >= 0.6 is 0 Å². The summed E-state index contributed by atoms with van der Waals surface area (Å²) in [5, 5.41) is 5.93. The van der Waals surface area contributed by atoms with Crippen LogP contribution in [0, 0.1) is 5.82 Å². The minimum Gasteiger partial charge on any atom is -0.333 e. The number of anilines is 1. The second-order valence-corrected chi connectivity index (χ2v) is 7.25. The Balaban J connectivity index is 1.44. The highest BCUT2D eigenvalue weighted by atomic mass is 19.1. The van der Waals surface area contributed by atoms with Crippen LogP contribution in [0.25, 0.3) is 0 Å². The highest BCUT2D eigenvalue weighted by Crippen LogP contribution is 2.23. The molecule has 0 spiro atoms. The highest BCUT2D eigenvalue weighted by molar-refractivity contribution is 5.96. The maximum absolute atomic E-state index is 13.2. The van der Waals surface area contributed by atoms with Gasteiger partial charge in [-0.25, -0.2) is 9.18 Å². The molecule has 0 aromatic heterocycles. The van der Waals surface area contributed by atoms with Crippen molar-refractivity contribution in [1.29, 1.82) is 0 Å². The van der Waals surface area contributed by atoms with Gasteiger partial charge in [-0.3, -0.25) is 4.79 Å². The van der Waals surface area contributed by atoms with Crippen LogP contribution in [0.5, 0.6) is 0 Å². The number of benzene rings is 3. The average Bonchev–Trinajstić information content (AvgIpc) is 3.13. The van der Waals surface area contributed by atoms with Crippen LogP contribution in [0.1, 0.15) is 23.6 Å². The van der Waals surface area contributed by atoms with Gasteiger partial charge in [0, 0.05) is 18.7 Å². The van der Waals surface area contributed by atoms with Gasteiger partial charge in [0.15, 0.2) is 0 Å². The van der Waals surface area contributed by atoms with Gasteiger partial charge in [-0.05, 0) is 35.4 Å². The number of hydrogen-bond donors (Lipinski definition) is 2. The molecule has 0 bridgehead atoms. The van der Waals surface area contributed by atoms with Gasteiger partial charge in [-0.2, -0.15) is 0 Å². The molecule has 1 aliphatic heterocycles. The van der Waals surface area contributed by atoms with Crippen LogP contribution in [-0.2, 0) is 4.79 Å². The molecule has 1 saturated heterocycles. The quantitative estimate of drug-likeness (QED) is 0.676. The molecule has 0 aliphatic carbocycles. The molecular formula is C24H22FN3O2. The molecule has 1 heterocycles. The zero-order valence-corrected chi connectivity index (χ0v) is 16.3. The Morgan fingerprint density at radius 1 is 0.900 bits per heavy atom. The molecule has 0 radical (unpaired) electrons. The van der Waals surface area contributed by atoms with Crippen molar-refractivity contribution in [3.05, 3.63) is 102 Å². The van der Waals surface area contributed by atoms with E-state index in [0.717, 1.165) is 11.1 Å². The number of nitrogens with zero attached hydrogens (tertiary/aromatic N) is 1. The lowest BCUT2D eigenvalue weighted by Gasteiger charge is -2.22. The fourth-order valence-electron chi connectivity index (χ4n) is 3.68. The Kier molecular flexibility index (Phi) is 5.75. The zero-order chi connectivity index (χ0) is 20.9. The van der Waals surface area contributed by atoms with E-state index in [1.807, 2.05) is 60.7 Å². The smallest absolute Gasteiger partial charge is 0.315 e. The number of carbonyl (C=O) groups is 2. The van der Waals surface area contributed by atoms with E-state index in [1.54, 1.807) is 17.0 Å². The number of urea groups is 1. The van der Waals surface area contributed by atoms with Crippen LogP contribution < -0.4 is 15.5 Å². The summed E-state index contributed by atoms with van der Waals surface area (Å²) >= 11 is 0. The van der Waals surface area contributed by atoms with Crippen molar-refractivity contribution in [2.45, 2.75) is 18.5 Å². The van der Waals surface area contributed by atoms with E-state index in [0.29, 0.717) is 12.2 Å². The largest absolute Gasteiger partial charge is 0.333 e. The van der Waals surface area contributed by atoms with Crippen molar-refractivity contribution in [3.8, 4) is 0 Å². The summed E-state index contributed by atoms with van der Waals surface area (Å²) in [6, 6.07) is 24.2. The van der Waals surface area contributed by atoms with E-state index in [1.165, 1.54) is 12.1 Å². The van der Waals surface area contributed by atoms with Crippen LogP contribution in [0.2, 0.25) is 0 Å². The van der Waals surface area contributed by atoms with Crippen molar-refractivity contribution >= 4 is 17.6 Å². The Morgan fingerprint density at radius 2 is 1.47 bits per heavy atom. The molecule has 152 valence electrons. The number of hydrogen-bond acceptors (Lipinski definition) is 2. The predicted molar refractivity (Wildman–Crippen MR) is 114 cm³/mol. The molecule has 2 N–H and O–H groups in total. The second-order valence-electron chi connectivity index (χ2n) is 7.25. The van der Waals surface area contributed by atoms with Crippen molar-refractivity contribution in [2.24, 2.45) is 0 Å². The molecule has 3 aromatic rings. The second kappa shape index (κ2) is 8.78. The van der Waals surface area contributed by atoms with Crippen LogP contribution in [-0.4, -0.2) is 24.5 Å². The summed E-state index contributed by atoms with van der Waals surface area (Å²) in [6.07, 6.45) is 0.201. The molecule has 6 heteroatoms. The molecule has 30 heavy (non-hydrogen) atoms. The molecule has 4 rings (SSSR count). The number of halogens is 1. The van der Waals surface area contributed by atoms with Gasteiger partial charge < -0.3 is 15.5 Å². The summed E-state index contributed by atoms with van der Waals surface area (Å²) in [5.74, 6) is -0.457. The maximum atomic E-state index is 13.2. The fourth-order valence-corrected chi connectivity index (χ4v) is 3.68. The molecule has 3 aromatic carbocycles. The number of carbonyl (C=O) groups excluding carboxylic acids is 2. The molecule has 5 nitrogen and oxygen atoms in total. The molecule has 1 aliphatic rings. The average molecular weight is 403 g/mol. The third-order valence-corrected chi connectivity index (χ3v) is 5.14. The summed E-state index contributed by atoms with van der Waals surface area (Å²) in [5.41, 5.74) is 2.56. The number of amides is 3. The van der Waals surface area contributed by atoms with Gasteiger partial charge in [0.1, 0.15) is 5.82 Å². The number of rotatable bonds is 5. The first kappa shape index (κ1) is 19.6. The number of nitrogens with one attached hydrogen (secondary N) is 2. The third-order valence-electron chi connectivity index (χ3n) is 5.14. The summed E-state index contributed by atoms with van der Waals surface area (Å²) in [6.45, 7) is 0.346. The van der Waals surface area contributed by atoms with Crippen LogP contribution in [0.4, 0.5) is 14.9 Å². The Bertz CT molecular complexity index is 970. The molecule has 3 amide bonds. The van der Waals surface area contributed by atoms with Crippen LogP contribution in [0.3, 0.4) is 0 Å². The first-order valence-electron chi connectivity index (χ1n) is 9.83. The normalized spacial score (nSPS) is 16.0. The predicted octanol–water partition coefficient (Wildman–Crippen LogP) is 4.02. The van der Waals surface area contributed by atoms with Crippen LogP contribution in [0.15, 0.2) is 84.9 Å². The SMILES string of the molecule is O=C(NC(c1ccccc1)c1ccccc1)N[C@@H]1CC(=O)N(c2ccc(F)cc2)C1. The lowest BCUT2D eigenvalue weighted by atomic mass is 9.99. The highest BCUT2D eigenvalue weighted by Gasteiger charge is 2.32. The van der Waals surface area contributed by atoms with Gasteiger partial charge in [-0.15, -0.1) is 0 Å². The van der Waals surface area contributed by atoms with E-state index >= 15 is 0 Å². The lowest BCUT2D eigenvalue weighted by molar-refractivity contribution is -0.117. The monoisotopic (exact) mass is 403 g/mol. The van der Waals surface area contributed by atoms with E-state index in [2.05, 4.69) is 10.6 Å². The molecule has 0 saturated carbocycles.